The predicted octanol–water partition coefficient (Wildman–Crippen LogP) is -0.283. The van der Waals surface area contributed by atoms with Gasteiger partial charge >= 0.3 is 12.0 Å². The standard InChI is InChI=1S/C12H21N3O4/c1-3-13-12(18)14-10(16)8-15-6-4-5-9(7-15)11(17)19-2/h9H,3-8H2,1-2H3,(H2,13,14,16,18)/t9-/m0/s1. The van der Waals surface area contributed by atoms with E-state index in [-0.39, 0.29) is 24.3 Å². The molecule has 1 saturated heterocycles. The van der Waals surface area contributed by atoms with Crippen LogP contribution < -0.4 is 10.6 Å². The summed E-state index contributed by atoms with van der Waals surface area (Å²) in [6, 6.07) is -0.492. The molecule has 0 radical (unpaired) electrons. The van der Waals surface area contributed by atoms with Crippen LogP contribution in [0.25, 0.3) is 0 Å². The Balaban J connectivity index is 2.37. The van der Waals surface area contributed by atoms with Gasteiger partial charge in [0.25, 0.3) is 0 Å². The lowest BCUT2D eigenvalue weighted by atomic mass is 9.98. The average molecular weight is 271 g/mol. The zero-order valence-corrected chi connectivity index (χ0v) is 11.4. The van der Waals surface area contributed by atoms with Gasteiger partial charge in [0.05, 0.1) is 19.6 Å². The number of esters is 1. The van der Waals surface area contributed by atoms with Crippen molar-refractivity contribution in [3.8, 4) is 0 Å². The van der Waals surface area contributed by atoms with Gasteiger partial charge in [0.2, 0.25) is 5.91 Å². The third-order valence-electron chi connectivity index (χ3n) is 3.00. The summed E-state index contributed by atoms with van der Waals surface area (Å²) in [5, 5.41) is 4.73. The van der Waals surface area contributed by atoms with E-state index in [0.717, 1.165) is 19.4 Å². The lowest BCUT2D eigenvalue weighted by Crippen LogP contribution is -2.47. The van der Waals surface area contributed by atoms with E-state index in [0.29, 0.717) is 13.1 Å². The van der Waals surface area contributed by atoms with Crippen LogP contribution in [0.1, 0.15) is 19.8 Å². The molecule has 1 aliphatic rings. The van der Waals surface area contributed by atoms with Gasteiger partial charge in [-0.2, -0.15) is 0 Å². The number of ether oxygens (including phenoxy) is 1. The van der Waals surface area contributed by atoms with Gasteiger partial charge < -0.3 is 10.1 Å². The molecule has 1 aliphatic heterocycles. The second kappa shape index (κ2) is 7.73. The van der Waals surface area contributed by atoms with Gasteiger partial charge in [0, 0.05) is 13.1 Å². The topological polar surface area (TPSA) is 87.7 Å². The lowest BCUT2D eigenvalue weighted by molar-refractivity contribution is -0.147. The molecule has 19 heavy (non-hydrogen) atoms. The summed E-state index contributed by atoms with van der Waals surface area (Å²) >= 11 is 0. The van der Waals surface area contributed by atoms with E-state index in [1.165, 1.54) is 7.11 Å². The number of nitrogens with one attached hydrogen (secondary N) is 2. The molecular formula is C12H21N3O4. The summed E-state index contributed by atoms with van der Waals surface area (Å²) < 4.78 is 4.71. The van der Waals surface area contributed by atoms with Crippen LogP contribution in [0.3, 0.4) is 0 Å². The maximum absolute atomic E-state index is 11.6. The molecule has 0 unspecified atom stereocenters. The molecule has 1 fully saturated rings. The monoisotopic (exact) mass is 271 g/mol. The second-order valence-corrected chi connectivity index (χ2v) is 4.51. The molecule has 0 aromatic carbocycles. The van der Waals surface area contributed by atoms with Crippen molar-refractivity contribution < 1.29 is 19.1 Å². The number of hydrogen-bond acceptors (Lipinski definition) is 5. The molecule has 0 saturated carbocycles. The molecule has 2 N–H and O–H groups in total. The van der Waals surface area contributed by atoms with Gasteiger partial charge in [-0.05, 0) is 26.3 Å². The van der Waals surface area contributed by atoms with E-state index in [1.54, 1.807) is 6.92 Å². The average Bonchev–Trinajstić information content (AvgIpc) is 2.38. The molecule has 7 nitrogen and oxygen atoms in total. The highest BCUT2D eigenvalue weighted by molar-refractivity contribution is 5.95. The molecule has 7 heteroatoms. The third-order valence-corrected chi connectivity index (χ3v) is 3.00. The lowest BCUT2D eigenvalue weighted by Gasteiger charge is -2.30. The summed E-state index contributed by atoms with van der Waals surface area (Å²) in [4.78, 5) is 36.1. The Labute approximate surface area is 112 Å². The maximum Gasteiger partial charge on any atom is 0.321 e. The first-order valence-corrected chi connectivity index (χ1v) is 6.44. The smallest absolute Gasteiger partial charge is 0.321 e. The van der Waals surface area contributed by atoms with Gasteiger partial charge in [-0.25, -0.2) is 4.79 Å². The minimum absolute atomic E-state index is 0.116. The van der Waals surface area contributed by atoms with E-state index in [4.69, 9.17) is 4.74 Å². The van der Waals surface area contributed by atoms with Crippen molar-refractivity contribution in [2.45, 2.75) is 19.8 Å². The van der Waals surface area contributed by atoms with Gasteiger partial charge in [-0.1, -0.05) is 0 Å². The first-order chi connectivity index (χ1) is 9.06. The van der Waals surface area contributed by atoms with Crippen LogP contribution in [-0.2, 0) is 14.3 Å². The highest BCUT2D eigenvalue weighted by Gasteiger charge is 2.27. The number of carbonyl (C=O) groups is 3. The van der Waals surface area contributed by atoms with Gasteiger partial charge in [0.15, 0.2) is 0 Å². The summed E-state index contributed by atoms with van der Waals surface area (Å²) in [7, 11) is 1.36. The summed E-state index contributed by atoms with van der Waals surface area (Å²) in [5.41, 5.74) is 0. The van der Waals surface area contributed by atoms with Crippen molar-refractivity contribution in [2.24, 2.45) is 5.92 Å². The fourth-order valence-electron chi connectivity index (χ4n) is 2.13. The largest absolute Gasteiger partial charge is 0.469 e. The first-order valence-electron chi connectivity index (χ1n) is 6.44. The fraction of sp³-hybridized carbons (Fsp3) is 0.750. The molecule has 1 heterocycles. The molecule has 1 rings (SSSR count). The molecule has 0 spiro atoms. The fourth-order valence-corrected chi connectivity index (χ4v) is 2.13. The molecule has 1 atom stereocenters. The van der Waals surface area contributed by atoms with Crippen molar-refractivity contribution in [2.75, 3.05) is 33.3 Å². The van der Waals surface area contributed by atoms with Crippen LogP contribution >= 0.6 is 0 Å². The van der Waals surface area contributed by atoms with E-state index in [2.05, 4.69) is 10.6 Å². The van der Waals surface area contributed by atoms with Crippen molar-refractivity contribution in [1.29, 1.82) is 0 Å². The van der Waals surface area contributed by atoms with Crippen molar-refractivity contribution in [3.63, 3.8) is 0 Å². The molecule has 108 valence electrons. The highest BCUT2D eigenvalue weighted by Crippen LogP contribution is 2.17. The zero-order valence-electron chi connectivity index (χ0n) is 11.4. The van der Waals surface area contributed by atoms with Crippen LogP contribution in [0, 0.1) is 5.92 Å². The Morgan fingerprint density at radius 3 is 2.74 bits per heavy atom. The van der Waals surface area contributed by atoms with Crippen LogP contribution in [-0.4, -0.2) is 56.1 Å². The number of piperidine rings is 1. The summed E-state index contributed by atoms with van der Waals surface area (Å²) in [5.74, 6) is -0.790. The zero-order chi connectivity index (χ0) is 14.3. The van der Waals surface area contributed by atoms with E-state index in [1.807, 2.05) is 4.90 Å². The highest BCUT2D eigenvalue weighted by atomic mass is 16.5. The van der Waals surface area contributed by atoms with Crippen molar-refractivity contribution >= 4 is 17.9 Å². The van der Waals surface area contributed by atoms with Crippen LogP contribution in [0.2, 0.25) is 0 Å². The number of methoxy groups -OCH3 is 1. The number of imide groups is 1. The van der Waals surface area contributed by atoms with E-state index in [9.17, 15) is 14.4 Å². The van der Waals surface area contributed by atoms with Crippen LogP contribution in [0.15, 0.2) is 0 Å². The Morgan fingerprint density at radius 1 is 1.37 bits per heavy atom. The third kappa shape index (κ3) is 5.25. The second-order valence-electron chi connectivity index (χ2n) is 4.51. The molecular weight excluding hydrogens is 250 g/mol. The summed E-state index contributed by atoms with van der Waals surface area (Å²) in [6.07, 6.45) is 1.62. The molecule has 3 amide bonds. The number of urea groups is 1. The van der Waals surface area contributed by atoms with Crippen molar-refractivity contribution in [3.05, 3.63) is 0 Å². The number of likely N-dealkylation sites (tertiary alicyclic amines) is 1. The van der Waals surface area contributed by atoms with Gasteiger partial charge in [-0.15, -0.1) is 0 Å². The number of amides is 3. The number of hydrogen-bond donors (Lipinski definition) is 2. The Bertz CT molecular complexity index is 346. The Hall–Kier alpha value is -1.63. The quantitative estimate of drug-likeness (QED) is 0.686. The molecule has 0 bridgehead atoms. The predicted molar refractivity (Wildman–Crippen MR) is 68.4 cm³/mol. The maximum atomic E-state index is 11.6. The molecule has 0 aromatic heterocycles. The number of carbonyl (C=O) groups excluding carboxylic acids is 3. The van der Waals surface area contributed by atoms with Crippen LogP contribution in [0.5, 0.6) is 0 Å². The Kier molecular flexibility index (Phi) is 6.27. The summed E-state index contributed by atoms with van der Waals surface area (Å²) in [6.45, 7) is 3.60. The SMILES string of the molecule is CCNC(=O)NC(=O)CN1CCC[C@H](C(=O)OC)C1. The minimum atomic E-state index is -0.492. The first kappa shape index (κ1) is 15.4. The molecule has 0 aromatic rings. The van der Waals surface area contributed by atoms with E-state index >= 15 is 0 Å². The number of nitrogens with zero attached hydrogens (tertiary/aromatic N) is 1. The van der Waals surface area contributed by atoms with Crippen LogP contribution in [0.4, 0.5) is 4.79 Å². The number of rotatable bonds is 4. The Morgan fingerprint density at radius 2 is 2.11 bits per heavy atom. The minimum Gasteiger partial charge on any atom is -0.469 e. The van der Waals surface area contributed by atoms with Gasteiger partial charge in [0.1, 0.15) is 0 Å². The van der Waals surface area contributed by atoms with Crippen molar-refractivity contribution in [1.82, 2.24) is 15.5 Å². The van der Waals surface area contributed by atoms with Gasteiger partial charge in [-0.3, -0.25) is 19.8 Å². The van der Waals surface area contributed by atoms with E-state index < -0.39 is 6.03 Å². The molecule has 0 aliphatic carbocycles. The normalized spacial score (nSPS) is 19.6.